The van der Waals surface area contributed by atoms with Gasteiger partial charge in [-0.15, -0.1) is 0 Å². The molecule has 2 fully saturated rings. The van der Waals surface area contributed by atoms with Crippen LogP contribution >= 0.6 is 0 Å². The van der Waals surface area contributed by atoms with Crippen molar-refractivity contribution in [2.75, 3.05) is 31.1 Å². The van der Waals surface area contributed by atoms with E-state index in [1.807, 2.05) is 35.8 Å². The average molecular weight is 340 g/mol. The molecule has 3 heterocycles. The number of aryl methyl sites for hydroxylation is 1. The number of benzene rings is 1. The van der Waals surface area contributed by atoms with Crippen LogP contribution in [0.1, 0.15) is 39.0 Å². The summed E-state index contributed by atoms with van der Waals surface area (Å²) in [4.78, 5) is 22.8. The third-order valence-electron chi connectivity index (χ3n) is 5.75. The molecule has 1 atom stereocenters. The number of aromatic nitrogens is 2. The largest absolute Gasteiger partial charge is 0.350 e. The third-order valence-corrected chi connectivity index (χ3v) is 5.75. The van der Waals surface area contributed by atoms with E-state index >= 15 is 0 Å². The van der Waals surface area contributed by atoms with Crippen LogP contribution in [-0.4, -0.2) is 46.7 Å². The highest BCUT2D eigenvalue weighted by atomic mass is 16.1. The minimum Gasteiger partial charge on any atom is -0.350 e. The van der Waals surface area contributed by atoms with Gasteiger partial charge in [-0.3, -0.25) is 9.69 Å². The summed E-state index contributed by atoms with van der Waals surface area (Å²) in [6.07, 6.45) is 6.25. The van der Waals surface area contributed by atoms with Crippen molar-refractivity contribution in [1.29, 1.82) is 0 Å². The van der Waals surface area contributed by atoms with Gasteiger partial charge in [0.05, 0.1) is 11.0 Å². The Balaban J connectivity index is 1.72. The lowest BCUT2D eigenvalue weighted by Gasteiger charge is -2.31. The molecule has 0 aliphatic carbocycles. The van der Waals surface area contributed by atoms with Gasteiger partial charge in [-0.05, 0) is 57.8 Å². The molecule has 5 heteroatoms. The third kappa shape index (κ3) is 3.17. The molecule has 0 radical (unpaired) electrons. The zero-order valence-electron chi connectivity index (χ0n) is 15.2. The van der Waals surface area contributed by atoms with Gasteiger partial charge in [0.25, 0.3) is 5.56 Å². The maximum atomic E-state index is 13.1. The molecule has 0 unspecified atom stereocenters. The molecular weight excluding hydrogens is 312 g/mol. The van der Waals surface area contributed by atoms with Crippen LogP contribution in [0.2, 0.25) is 0 Å². The first-order valence-electron chi connectivity index (χ1n) is 9.76. The second-order valence-corrected chi connectivity index (χ2v) is 7.31. The van der Waals surface area contributed by atoms with Crippen LogP contribution in [0.3, 0.4) is 0 Å². The molecule has 5 nitrogen and oxygen atoms in total. The van der Waals surface area contributed by atoms with Crippen LogP contribution in [0.5, 0.6) is 0 Å². The van der Waals surface area contributed by atoms with Crippen molar-refractivity contribution in [2.45, 2.75) is 51.6 Å². The highest BCUT2D eigenvalue weighted by molar-refractivity contribution is 5.76. The minimum absolute atomic E-state index is 0.0586. The Bertz CT molecular complexity index is 794. The van der Waals surface area contributed by atoms with Crippen molar-refractivity contribution < 1.29 is 0 Å². The fourth-order valence-corrected chi connectivity index (χ4v) is 4.42. The van der Waals surface area contributed by atoms with Gasteiger partial charge in [-0.1, -0.05) is 18.6 Å². The first kappa shape index (κ1) is 16.6. The van der Waals surface area contributed by atoms with E-state index in [0.29, 0.717) is 18.4 Å². The number of fused-ring (bicyclic) bond motifs is 1. The average Bonchev–Trinajstić information content (AvgIpc) is 3.06. The number of hydrogen-bond acceptors (Lipinski definition) is 4. The van der Waals surface area contributed by atoms with Gasteiger partial charge in [-0.25, -0.2) is 4.98 Å². The van der Waals surface area contributed by atoms with E-state index < -0.39 is 0 Å². The van der Waals surface area contributed by atoms with Crippen molar-refractivity contribution in [3.63, 3.8) is 0 Å². The van der Waals surface area contributed by atoms with Gasteiger partial charge >= 0.3 is 0 Å². The minimum atomic E-state index is 0.0586. The number of likely N-dealkylation sites (tertiary alicyclic amines) is 1. The van der Waals surface area contributed by atoms with Gasteiger partial charge in [0.2, 0.25) is 0 Å². The number of anilines is 1. The molecule has 134 valence electrons. The van der Waals surface area contributed by atoms with Gasteiger partial charge in [0.15, 0.2) is 5.82 Å². The molecule has 25 heavy (non-hydrogen) atoms. The standard InChI is InChI=1S/C20H28N4O/c1-2-24-18-11-4-3-10-17(18)21-19(20(24)25)23-14-6-5-9-16(15-23)22-12-7-8-13-22/h3-4,10-11,16H,2,5-9,12-15H2,1H3/t16-/m0/s1. The normalized spacial score (nSPS) is 22.4. The van der Waals surface area contributed by atoms with Crippen LogP contribution in [-0.2, 0) is 6.54 Å². The van der Waals surface area contributed by atoms with Crippen LogP contribution in [0.25, 0.3) is 11.0 Å². The van der Waals surface area contributed by atoms with E-state index in [9.17, 15) is 4.79 Å². The highest BCUT2D eigenvalue weighted by Gasteiger charge is 2.28. The number of rotatable bonds is 3. The smallest absolute Gasteiger partial charge is 0.293 e. The molecular formula is C20H28N4O. The van der Waals surface area contributed by atoms with Crippen molar-refractivity contribution in [2.24, 2.45) is 0 Å². The maximum absolute atomic E-state index is 13.1. The Morgan fingerprint density at radius 2 is 1.84 bits per heavy atom. The van der Waals surface area contributed by atoms with E-state index in [2.05, 4.69) is 9.80 Å². The van der Waals surface area contributed by atoms with E-state index in [1.54, 1.807) is 0 Å². The summed E-state index contributed by atoms with van der Waals surface area (Å²) in [6.45, 7) is 7.01. The molecule has 2 aromatic rings. The molecule has 2 aliphatic heterocycles. The van der Waals surface area contributed by atoms with Crippen molar-refractivity contribution in [1.82, 2.24) is 14.5 Å². The summed E-state index contributed by atoms with van der Waals surface area (Å²) in [5.74, 6) is 0.645. The molecule has 0 spiro atoms. The maximum Gasteiger partial charge on any atom is 0.293 e. The fraction of sp³-hybridized carbons (Fsp3) is 0.600. The van der Waals surface area contributed by atoms with E-state index in [0.717, 1.165) is 30.5 Å². The lowest BCUT2D eigenvalue weighted by atomic mass is 10.1. The number of nitrogens with zero attached hydrogens (tertiary/aromatic N) is 4. The summed E-state index contributed by atoms with van der Waals surface area (Å²) in [5, 5.41) is 0. The second-order valence-electron chi connectivity index (χ2n) is 7.31. The molecule has 2 saturated heterocycles. The zero-order chi connectivity index (χ0) is 17.2. The molecule has 4 rings (SSSR count). The van der Waals surface area contributed by atoms with Gasteiger partial charge in [0.1, 0.15) is 0 Å². The summed E-state index contributed by atoms with van der Waals surface area (Å²) >= 11 is 0. The monoisotopic (exact) mass is 340 g/mol. The first-order chi connectivity index (χ1) is 12.3. The summed E-state index contributed by atoms with van der Waals surface area (Å²) < 4.78 is 1.87. The van der Waals surface area contributed by atoms with Crippen LogP contribution in [0.4, 0.5) is 5.82 Å². The lowest BCUT2D eigenvalue weighted by Crippen LogP contribution is -2.44. The molecule has 1 aromatic carbocycles. The zero-order valence-corrected chi connectivity index (χ0v) is 15.2. The Morgan fingerprint density at radius 3 is 2.64 bits per heavy atom. The molecule has 0 bridgehead atoms. The fourth-order valence-electron chi connectivity index (χ4n) is 4.42. The van der Waals surface area contributed by atoms with E-state index in [1.165, 1.54) is 38.8 Å². The van der Waals surface area contributed by atoms with Crippen molar-refractivity contribution >= 4 is 16.9 Å². The van der Waals surface area contributed by atoms with Gasteiger partial charge in [-0.2, -0.15) is 0 Å². The van der Waals surface area contributed by atoms with Crippen molar-refractivity contribution in [3.05, 3.63) is 34.6 Å². The van der Waals surface area contributed by atoms with Crippen LogP contribution < -0.4 is 10.5 Å². The predicted octanol–water partition coefficient (Wildman–Crippen LogP) is 2.87. The van der Waals surface area contributed by atoms with Gasteiger partial charge < -0.3 is 9.47 Å². The predicted molar refractivity (Wildman–Crippen MR) is 102 cm³/mol. The first-order valence-corrected chi connectivity index (χ1v) is 9.76. The van der Waals surface area contributed by atoms with Gasteiger partial charge in [0, 0.05) is 25.7 Å². The Kier molecular flexibility index (Phi) is 4.75. The quantitative estimate of drug-likeness (QED) is 0.861. The second kappa shape index (κ2) is 7.16. The van der Waals surface area contributed by atoms with Crippen molar-refractivity contribution in [3.8, 4) is 0 Å². The molecule has 1 aromatic heterocycles. The molecule has 0 amide bonds. The van der Waals surface area contributed by atoms with E-state index in [4.69, 9.17) is 4.98 Å². The summed E-state index contributed by atoms with van der Waals surface area (Å²) in [5.41, 5.74) is 1.91. The van der Waals surface area contributed by atoms with E-state index in [-0.39, 0.29) is 5.56 Å². The Morgan fingerprint density at radius 1 is 1.08 bits per heavy atom. The number of para-hydroxylation sites is 2. The van der Waals surface area contributed by atoms with Crippen LogP contribution in [0.15, 0.2) is 29.1 Å². The Labute approximate surface area is 149 Å². The summed E-state index contributed by atoms with van der Waals surface area (Å²) in [7, 11) is 0. The number of hydrogen-bond donors (Lipinski definition) is 0. The lowest BCUT2D eigenvalue weighted by molar-refractivity contribution is 0.236. The molecule has 0 N–H and O–H groups in total. The van der Waals surface area contributed by atoms with Crippen LogP contribution in [0, 0.1) is 0 Å². The molecule has 0 saturated carbocycles. The molecule has 2 aliphatic rings. The topological polar surface area (TPSA) is 41.4 Å². The highest BCUT2D eigenvalue weighted by Crippen LogP contribution is 2.23. The Hall–Kier alpha value is -1.88. The summed E-state index contributed by atoms with van der Waals surface area (Å²) in [6, 6.07) is 8.55. The SMILES string of the molecule is CCn1c(=O)c(N2CCCC[C@H](N3CCCC3)C2)nc2ccccc21.